The van der Waals surface area contributed by atoms with Crippen LogP contribution in [0.1, 0.15) is 72.6 Å². The number of unbranched alkanes of at least 4 members (excludes halogenated alkanes) is 3. The van der Waals surface area contributed by atoms with Gasteiger partial charge in [0.05, 0.1) is 13.7 Å². The molecular weight excluding hydrogens is 551 g/mol. The van der Waals surface area contributed by atoms with Gasteiger partial charge in [0.15, 0.2) is 0 Å². The van der Waals surface area contributed by atoms with E-state index >= 15 is 0 Å². The summed E-state index contributed by atoms with van der Waals surface area (Å²) in [7, 11) is 0.655. The number of rotatable bonds is 12. The predicted molar refractivity (Wildman–Crippen MR) is 191 cm³/mol. The molecule has 0 spiro atoms. The zero-order chi connectivity index (χ0) is 31.1. The first kappa shape index (κ1) is 32.3. The van der Waals surface area contributed by atoms with Gasteiger partial charge in [-0.25, -0.2) is 0 Å². The van der Waals surface area contributed by atoms with Crippen LogP contribution in [-0.2, 0) is 4.74 Å². The lowest BCUT2D eigenvalue weighted by molar-refractivity contribution is -0.00471. The summed E-state index contributed by atoms with van der Waals surface area (Å²) in [6.07, 6.45) is 39.0. The van der Waals surface area contributed by atoms with Gasteiger partial charge in [-0.2, -0.15) is 0 Å². The zero-order valence-electron chi connectivity index (χ0n) is 28.7. The van der Waals surface area contributed by atoms with Crippen molar-refractivity contribution >= 4 is 8.07 Å². The lowest BCUT2D eigenvalue weighted by Crippen LogP contribution is -2.48. The number of fused-ring (bicyclic) bond motifs is 6. The van der Waals surface area contributed by atoms with E-state index in [1.807, 2.05) is 0 Å². The minimum atomic E-state index is -1.80. The fourth-order valence-corrected chi connectivity index (χ4v) is 18.0. The SMILES string of the molecule is C=CCCC1CC([Si](C)(CCCCCCOC(C)(C)C)C2C3C=CC=CC3C3C2C2C=C(C)C=CC2N3C)C2C=CC=CC12. The van der Waals surface area contributed by atoms with Gasteiger partial charge < -0.3 is 4.74 Å². The second-order valence-electron chi connectivity index (χ2n) is 16.5. The van der Waals surface area contributed by atoms with Crippen molar-refractivity contribution in [3.05, 3.63) is 85.1 Å². The normalized spacial score (nSPS) is 40.0. The second-order valence-corrected chi connectivity index (χ2v) is 21.5. The van der Waals surface area contributed by atoms with Crippen molar-refractivity contribution in [1.29, 1.82) is 0 Å². The number of allylic oxidation sites excluding steroid dienone is 10. The topological polar surface area (TPSA) is 12.5 Å². The van der Waals surface area contributed by atoms with Crippen molar-refractivity contribution in [3.8, 4) is 0 Å². The monoisotopic (exact) mass is 611 g/mol. The van der Waals surface area contributed by atoms with Gasteiger partial charge in [-0.3, -0.25) is 4.90 Å². The molecule has 44 heavy (non-hydrogen) atoms. The molecule has 240 valence electrons. The maximum atomic E-state index is 6.08. The molecule has 12 unspecified atom stereocenters. The molecule has 1 saturated heterocycles. The molecular formula is C41H61NOSi. The van der Waals surface area contributed by atoms with E-state index < -0.39 is 8.07 Å². The molecule has 0 bridgehead atoms. The van der Waals surface area contributed by atoms with Gasteiger partial charge in [0.25, 0.3) is 0 Å². The smallest absolute Gasteiger partial charge is 0.0598 e. The van der Waals surface area contributed by atoms with Crippen LogP contribution in [0.2, 0.25) is 23.7 Å². The second kappa shape index (κ2) is 13.2. The van der Waals surface area contributed by atoms with E-state index in [9.17, 15) is 0 Å². The van der Waals surface area contributed by atoms with Crippen molar-refractivity contribution in [2.45, 2.75) is 114 Å². The van der Waals surface area contributed by atoms with Crippen LogP contribution in [0.4, 0.5) is 0 Å². The van der Waals surface area contributed by atoms with Crippen molar-refractivity contribution in [1.82, 2.24) is 4.90 Å². The van der Waals surface area contributed by atoms with Crippen LogP contribution in [0.25, 0.3) is 0 Å². The molecule has 3 heteroatoms. The molecule has 0 N–H and O–H groups in total. The van der Waals surface area contributed by atoms with E-state index in [1.165, 1.54) is 50.1 Å². The van der Waals surface area contributed by atoms with E-state index in [4.69, 9.17) is 4.74 Å². The lowest BCUT2D eigenvalue weighted by atomic mass is 9.82. The largest absolute Gasteiger partial charge is 0.376 e. The van der Waals surface area contributed by atoms with Crippen LogP contribution in [0, 0.1) is 41.4 Å². The maximum absolute atomic E-state index is 6.08. The van der Waals surface area contributed by atoms with Crippen LogP contribution in [0.15, 0.2) is 85.1 Å². The minimum Gasteiger partial charge on any atom is -0.376 e. The van der Waals surface area contributed by atoms with Gasteiger partial charge in [-0.05, 0) is 107 Å². The molecule has 0 radical (unpaired) electrons. The van der Waals surface area contributed by atoms with E-state index in [0.717, 1.165) is 47.8 Å². The van der Waals surface area contributed by atoms with Crippen molar-refractivity contribution in [3.63, 3.8) is 0 Å². The third-order valence-electron chi connectivity index (χ3n) is 12.9. The third kappa shape index (κ3) is 6.07. The molecule has 1 aliphatic heterocycles. The molecule has 1 heterocycles. The Bertz CT molecular complexity index is 1220. The summed E-state index contributed by atoms with van der Waals surface area (Å²) in [6.45, 7) is 16.8. The highest BCUT2D eigenvalue weighted by atomic mass is 28.3. The highest BCUT2D eigenvalue weighted by Crippen LogP contribution is 2.67. The van der Waals surface area contributed by atoms with Gasteiger partial charge in [0, 0.05) is 24.6 Å². The van der Waals surface area contributed by atoms with Crippen molar-refractivity contribution in [2.75, 3.05) is 13.7 Å². The van der Waals surface area contributed by atoms with Gasteiger partial charge in [0.2, 0.25) is 0 Å². The Kier molecular flexibility index (Phi) is 9.68. The van der Waals surface area contributed by atoms with E-state index in [0.29, 0.717) is 29.8 Å². The van der Waals surface area contributed by atoms with Gasteiger partial charge >= 0.3 is 0 Å². The van der Waals surface area contributed by atoms with Crippen molar-refractivity contribution < 1.29 is 4.74 Å². The molecule has 6 aliphatic rings. The standard InChI is InChI=1S/C41H61NOSi/c1-8-9-18-30-28-37(32-20-13-12-19-31(30)32)44(7,26-17-11-10-16-25-43-41(3,4)5)40-34-22-15-14-21-33(34)39-38(40)35-27-29(2)23-24-36(35)42(39)6/h8,12-15,19-24,27,30-40H,1,9-11,16-18,25-26,28H2,2-7H3. The molecule has 0 amide bonds. The molecule has 0 aromatic heterocycles. The first-order valence-electron chi connectivity index (χ1n) is 18.2. The van der Waals surface area contributed by atoms with Gasteiger partial charge in [-0.15, -0.1) is 6.58 Å². The molecule has 2 nitrogen and oxygen atoms in total. The summed E-state index contributed by atoms with van der Waals surface area (Å²) in [5.41, 5.74) is 3.15. The molecule has 6 rings (SSSR count). The Morgan fingerprint density at radius 3 is 2.32 bits per heavy atom. The minimum absolute atomic E-state index is 0.0282. The van der Waals surface area contributed by atoms with E-state index in [2.05, 4.69) is 126 Å². The molecule has 0 aromatic rings. The molecule has 2 saturated carbocycles. The van der Waals surface area contributed by atoms with Gasteiger partial charge in [-0.1, -0.05) is 110 Å². The fraction of sp³-hybridized carbons (Fsp3) is 0.659. The average Bonchev–Trinajstić information content (AvgIpc) is 3.63. The summed E-state index contributed by atoms with van der Waals surface area (Å²) in [5.74, 6) is 5.03. The quantitative estimate of drug-likeness (QED) is 0.124. The predicted octanol–water partition coefficient (Wildman–Crippen LogP) is 10.3. The first-order chi connectivity index (χ1) is 21.1. The first-order valence-corrected chi connectivity index (χ1v) is 21.0. The lowest BCUT2D eigenvalue weighted by Gasteiger charge is -2.48. The zero-order valence-corrected chi connectivity index (χ0v) is 29.7. The summed E-state index contributed by atoms with van der Waals surface area (Å²) in [4.78, 5) is 2.81. The number of hydrogen-bond acceptors (Lipinski definition) is 2. The van der Waals surface area contributed by atoms with Crippen LogP contribution in [0.5, 0.6) is 0 Å². The molecule has 3 fully saturated rings. The number of likely N-dealkylation sites (tertiary alicyclic amines) is 1. The number of hydrogen-bond donors (Lipinski definition) is 0. The Balaban J connectivity index is 1.33. The molecule has 12 atom stereocenters. The van der Waals surface area contributed by atoms with E-state index in [-0.39, 0.29) is 5.60 Å². The number of ether oxygens (including phenoxy) is 1. The Morgan fingerprint density at radius 1 is 0.909 bits per heavy atom. The number of likely N-dealkylation sites (N-methyl/N-ethyl adjacent to an activating group) is 1. The van der Waals surface area contributed by atoms with Crippen LogP contribution < -0.4 is 0 Å². The summed E-state index contributed by atoms with van der Waals surface area (Å²) >= 11 is 0. The Labute approximate surface area is 271 Å². The maximum Gasteiger partial charge on any atom is 0.0598 e. The highest BCUT2D eigenvalue weighted by molar-refractivity contribution is 6.81. The Hall–Kier alpha value is -1.68. The summed E-state index contributed by atoms with van der Waals surface area (Å²) < 4.78 is 6.08. The van der Waals surface area contributed by atoms with E-state index in [1.54, 1.807) is 0 Å². The highest BCUT2D eigenvalue weighted by Gasteiger charge is 2.66. The molecule has 5 aliphatic carbocycles. The van der Waals surface area contributed by atoms with Crippen LogP contribution in [-0.4, -0.2) is 44.3 Å². The third-order valence-corrected chi connectivity index (χ3v) is 19.0. The van der Waals surface area contributed by atoms with Crippen LogP contribution >= 0.6 is 0 Å². The van der Waals surface area contributed by atoms with Crippen molar-refractivity contribution in [2.24, 2.45) is 41.4 Å². The molecule has 0 aromatic carbocycles. The van der Waals surface area contributed by atoms with Crippen LogP contribution in [0.3, 0.4) is 0 Å². The average molecular weight is 612 g/mol. The summed E-state index contributed by atoms with van der Waals surface area (Å²) in [6, 6.07) is 2.71. The fourth-order valence-electron chi connectivity index (χ4n) is 11.2. The van der Waals surface area contributed by atoms with Gasteiger partial charge in [0.1, 0.15) is 0 Å². The number of nitrogens with zero attached hydrogens (tertiary/aromatic N) is 1. The summed E-state index contributed by atoms with van der Waals surface area (Å²) in [5, 5.41) is 0. The Morgan fingerprint density at radius 2 is 1.59 bits per heavy atom.